The summed E-state index contributed by atoms with van der Waals surface area (Å²) in [5, 5.41) is 7.68. The molecule has 2 heterocycles. The maximum absolute atomic E-state index is 5.67. The molecule has 0 radical (unpaired) electrons. The van der Waals surface area contributed by atoms with Gasteiger partial charge >= 0.3 is 0 Å². The first kappa shape index (κ1) is 8.68. The lowest BCUT2D eigenvalue weighted by Gasteiger charge is -2.04. The fourth-order valence-corrected chi connectivity index (χ4v) is 1.34. The van der Waals surface area contributed by atoms with Crippen LogP contribution in [-0.2, 0) is 7.05 Å². The van der Waals surface area contributed by atoms with Crippen LogP contribution >= 0.6 is 0 Å². The molecular formula is C9H11N5. The molecular weight excluding hydrogens is 178 g/mol. The standard InChI is InChI=1S/C9H11N5/c1-6-8(3-7(10)4-11-6)9-5-12-13-14(9)2/h3-5H,10H2,1-2H3. The van der Waals surface area contributed by atoms with Crippen LogP contribution in [0, 0.1) is 6.92 Å². The van der Waals surface area contributed by atoms with Gasteiger partial charge in [-0.1, -0.05) is 5.21 Å². The predicted molar refractivity (Wildman–Crippen MR) is 53.4 cm³/mol. The fourth-order valence-electron chi connectivity index (χ4n) is 1.34. The van der Waals surface area contributed by atoms with Crippen molar-refractivity contribution in [2.24, 2.45) is 7.05 Å². The van der Waals surface area contributed by atoms with E-state index in [0.717, 1.165) is 17.0 Å². The zero-order chi connectivity index (χ0) is 10.1. The van der Waals surface area contributed by atoms with E-state index in [1.54, 1.807) is 17.1 Å². The summed E-state index contributed by atoms with van der Waals surface area (Å²) < 4.78 is 1.70. The van der Waals surface area contributed by atoms with Gasteiger partial charge in [0.1, 0.15) is 0 Å². The van der Waals surface area contributed by atoms with Gasteiger partial charge < -0.3 is 5.73 Å². The Hall–Kier alpha value is -1.91. The first-order valence-electron chi connectivity index (χ1n) is 4.25. The number of anilines is 1. The van der Waals surface area contributed by atoms with Crippen LogP contribution in [0.15, 0.2) is 18.5 Å². The maximum Gasteiger partial charge on any atom is 0.0901 e. The molecule has 5 heteroatoms. The number of pyridine rings is 1. The molecule has 0 bridgehead atoms. The highest BCUT2D eigenvalue weighted by atomic mass is 15.4. The van der Waals surface area contributed by atoms with Crippen molar-refractivity contribution < 1.29 is 0 Å². The van der Waals surface area contributed by atoms with E-state index in [-0.39, 0.29) is 0 Å². The van der Waals surface area contributed by atoms with E-state index >= 15 is 0 Å². The van der Waals surface area contributed by atoms with Gasteiger partial charge in [0.25, 0.3) is 0 Å². The van der Waals surface area contributed by atoms with Crippen molar-refractivity contribution >= 4 is 5.69 Å². The lowest BCUT2D eigenvalue weighted by atomic mass is 10.1. The SMILES string of the molecule is Cc1ncc(N)cc1-c1cnnn1C. The number of rotatable bonds is 1. The number of nitrogens with zero attached hydrogens (tertiary/aromatic N) is 4. The Kier molecular flexibility index (Phi) is 1.92. The van der Waals surface area contributed by atoms with Gasteiger partial charge in [-0.05, 0) is 13.0 Å². The lowest BCUT2D eigenvalue weighted by molar-refractivity contribution is 0.720. The minimum atomic E-state index is 0.645. The third-order valence-corrected chi connectivity index (χ3v) is 2.10. The normalized spacial score (nSPS) is 10.4. The zero-order valence-corrected chi connectivity index (χ0v) is 8.10. The Morgan fingerprint density at radius 3 is 2.79 bits per heavy atom. The van der Waals surface area contributed by atoms with Crippen LogP contribution in [0.2, 0.25) is 0 Å². The minimum absolute atomic E-state index is 0.645. The molecule has 0 aromatic carbocycles. The molecule has 0 spiro atoms. The molecule has 14 heavy (non-hydrogen) atoms. The Bertz CT molecular complexity index is 460. The van der Waals surface area contributed by atoms with Gasteiger partial charge in [-0.25, -0.2) is 4.68 Å². The van der Waals surface area contributed by atoms with Crippen molar-refractivity contribution in [2.45, 2.75) is 6.92 Å². The number of nitrogen functional groups attached to an aromatic ring is 1. The van der Waals surface area contributed by atoms with Gasteiger partial charge in [-0.15, -0.1) is 5.10 Å². The Morgan fingerprint density at radius 1 is 1.36 bits per heavy atom. The Labute approximate surface area is 81.6 Å². The second kappa shape index (κ2) is 3.10. The minimum Gasteiger partial charge on any atom is -0.397 e. The maximum atomic E-state index is 5.67. The van der Waals surface area contributed by atoms with Crippen LogP contribution in [0.25, 0.3) is 11.3 Å². The first-order valence-corrected chi connectivity index (χ1v) is 4.25. The zero-order valence-electron chi connectivity index (χ0n) is 8.10. The van der Waals surface area contributed by atoms with Gasteiger partial charge in [-0.2, -0.15) is 0 Å². The van der Waals surface area contributed by atoms with E-state index in [2.05, 4.69) is 15.3 Å². The number of nitrogens with two attached hydrogens (primary N) is 1. The van der Waals surface area contributed by atoms with Crippen molar-refractivity contribution in [3.8, 4) is 11.3 Å². The lowest BCUT2D eigenvalue weighted by Crippen LogP contribution is -1.98. The van der Waals surface area contributed by atoms with Crippen molar-refractivity contribution in [1.29, 1.82) is 0 Å². The number of hydrogen-bond acceptors (Lipinski definition) is 4. The second-order valence-corrected chi connectivity index (χ2v) is 3.14. The highest BCUT2D eigenvalue weighted by Gasteiger charge is 2.07. The van der Waals surface area contributed by atoms with Crippen molar-refractivity contribution in [3.05, 3.63) is 24.2 Å². The van der Waals surface area contributed by atoms with E-state index in [1.165, 1.54) is 0 Å². The smallest absolute Gasteiger partial charge is 0.0901 e. The number of hydrogen-bond donors (Lipinski definition) is 1. The summed E-state index contributed by atoms with van der Waals surface area (Å²) in [4.78, 5) is 4.18. The van der Waals surface area contributed by atoms with E-state index in [1.807, 2.05) is 20.0 Å². The summed E-state index contributed by atoms with van der Waals surface area (Å²) in [5.74, 6) is 0. The topological polar surface area (TPSA) is 69.6 Å². The van der Waals surface area contributed by atoms with Crippen molar-refractivity contribution in [3.63, 3.8) is 0 Å². The molecule has 2 rings (SSSR count). The molecule has 72 valence electrons. The van der Waals surface area contributed by atoms with Crippen molar-refractivity contribution in [2.75, 3.05) is 5.73 Å². The average molecular weight is 189 g/mol. The summed E-state index contributed by atoms with van der Waals surface area (Å²) >= 11 is 0. The molecule has 0 fully saturated rings. The van der Waals surface area contributed by atoms with Crippen LogP contribution in [0.4, 0.5) is 5.69 Å². The highest BCUT2D eigenvalue weighted by molar-refractivity contribution is 5.65. The summed E-state index contributed by atoms with van der Waals surface area (Å²) in [6, 6.07) is 1.88. The third-order valence-electron chi connectivity index (χ3n) is 2.10. The quantitative estimate of drug-likeness (QED) is 0.719. The molecule has 0 atom stereocenters. The largest absolute Gasteiger partial charge is 0.397 e. The highest BCUT2D eigenvalue weighted by Crippen LogP contribution is 2.21. The molecule has 0 aliphatic carbocycles. The van der Waals surface area contributed by atoms with E-state index in [4.69, 9.17) is 5.73 Å². The van der Waals surface area contributed by atoms with Gasteiger partial charge in [0, 0.05) is 18.3 Å². The van der Waals surface area contributed by atoms with Crippen LogP contribution in [-0.4, -0.2) is 20.0 Å². The van der Waals surface area contributed by atoms with E-state index in [0.29, 0.717) is 5.69 Å². The monoisotopic (exact) mass is 189 g/mol. The molecule has 2 aromatic rings. The fraction of sp³-hybridized carbons (Fsp3) is 0.222. The van der Waals surface area contributed by atoms with E-state index < -0.39 is 0 Å². The van der Waals surface area contributed by atoms with Crippen molar-refractivity contribution in [1.82, 2.24) is 20.0 Å². The average Bonchev–Trinajstić information content (AvgIpc) is 2.56. The molecule has 0 amide bonds. The molecule has 0 aliphatic rings. The molecule has 5 nitrogen and oxygen atoms in total. The molecule has 0 unspecified atom stereocenters. The van der Waals surface area contributed by atoms with Crippen LogP contribution in [0.5, 0.6) is 0 Å². The summed E-state index contributed by atoms with van der Waals surface area (Å²) in [6.45, 7) is 1.93. The second-order valence-electron chi connectivity index (χ2n) is 3.14. The molecule has 0 saturated carbocycles. The summed E-state index contributed by atoms with van der Waals surface area (Å²) in [5.41, 5.74) is 9.13. The third kappa shape index (κ3) is 1.32. The Balaban J connectivity index is 2.62. The van der Waals surface area contributed by atoms with Crippen LogP contribution in [0.1, 0.15) is 5.69 Å². The molecule has 0 saturated heterocycles. The van der Waals surface area contributed by atoms with Crippen LogP contribution in [0.3, 0.4) is 0 Å². The number of aromatic nitrogens is 4. The van der Waals surface area contributed by atoms with Gasteiger partial charge in [0.15, 0.2) is 0 Å². The molecule has 0 aliphatic heterocycles. The predicted octanol–water partition coefficient (Wildman–Crippen LogP) is 0.768. The van der Waals surface area contributed by atoms with E-state index in [9.17, 15) is 0 Å². The van der Waals surface area contributed by atoms with Gasteiger partial charge in [-0.3, -0.25) is 4.98 Å². The van der Waals surface area contributed by atoms with Gasteiger partial charge in [0.2, 0.25) is 0 Å². The first-order chi connectivity index (χ1) is 6.68. The van der Waals surface area contributed by atoms with Gasteiger partial charge in [0.05, 0.1) is 23.8 Å². The molecule has 2 N–H and O–H groups in total. The summed E-state index contributed by atoms with van der Waals surface area (Å²) in [7, 11) is 1.84. The number of aryl methyl sites for hydroxylation is 2. The Morgan fingerprint density at radius 2 is 2.14 bits per heavy atom. The molecule has 2 aromatic heterocycles. The van der Waals surface area contributed by atoms with Crippen LogP contribution < -0.4 is 5.73 Å². The summed E-state index contributed by atoms with van der Waals surface area (Å²) in [6.07, 6.45) is 3.34.